The van der Waals surface area contributed by atoms with Crippen molar-refractivity contribution >= 4 is 17.5 Å². The van der Waals surface area contributed by atoms with Crippen molar-refractivity contribution in [3.8, 4) is 0 Å². The zero-order valence-corrected chi connectivity index (χ0v) is 11.4. The second kappa shape index (κ2) is 5.45. The molecule has 0 aliphatic heterocycles. The summed E-state index contributed by atoms with van der Waals surface area (Å²) in [6.07, 6.45) is 2.74. The lowest BCUT2D eigenvalue weighted by Crippen LogP contribution is -2.37. The average molecular weight is 256 g/mol. The number of nitrogens with zero attached hydrogens (tertiary/aromatic N) is 2. The van der Waals surface area contributed by atoms with E-state index in [1.165, 1.54) is 12.4 Å². The van der Waals surface area contributed by atoms with Crippen molar-refractivity contribution in [2.24, 2.45) is 11.3 Å². The van der Waals surface area contributed by atoms with Crippen LogP contribution in [0.5, 0.6) is 0 Å². The van der Waals surface area contributed by atoms with E-state index in [0.717, 1.165) is 0 Å². The maximum atomic E-state index is 11.8. The van der Waals surface area contributed by atoms with Gasteiger partial charge in [-0.3, -0.25) is 4.79 Å². The van der Waals surface area contributed by atoms with Crippen LogP contribution in [0, 0.1) is 11.3 Å². The Morgan fingerprint density at radius 2 is 2.06 bits per heavy atom. The molecule has 0 spiro atoms. The number of nitrogens with one attached hydrogen (secondary N) is 1. The molecule has 5 heteroatoms. The minimum absolute atomic E-state index is 0.0511. The number of carbonyl (C=O) groups excluding carboxylic acids is 1. The van der Waals surface area contributed by atoms with Gasteiger partial charge in [0.2, 0.25) is 0 Å². The summed E-state index contributed by atoms with van der Waals surface area (Å²) in [7, 11) is 0. The van der Waals surface area contributed by atoms with E-state index in [1.807, 2.05) is 0 Å². The van der Waals surface area contributed by atoms with Crippen LogP contribution in [0.4, 0.5) is 0 Å². The molecule has 1 rings (SSSR count). The van der Waals surface area contributed by atoms with Crippen molar-refractivity contribution in [2.45, 2.75) is 27.7 Å². The smallest absolute Gasteiger partial charge is 0.271 e. The Labute approximate surface area is 107 Å². The van der Waals surface area contributed by atoms with E-state index in [2.05, 4.69) is 43.0 Å². The molecule has 0 saturated carbocycles. The zero-order valence-electron chi connectivity index (χ0n) is 10.6. The first kappa shape index (κ1) is 13.9. The lowest BCUT2D eigenvalue weighted by atomic mass is 9.81. The van der Waals surface area contributed by atoms with Crippen LogP contribution in [-0.2, 0) is 0 Å². The van der Waals surface area contributed by atoms with Crippen molar-refractivity contribution < 1.29 is 4.79 Å². The molecule has 1 aromatic heterocycles. The number of halogens is 1. The van der Waals surface area contributed by atoms with Crippen molar-refractivity contribution in [3.05, 3.63) is 23.2 Å². The summed E-state index contributed by atoms with van der Waals surface area (Å²) in [5.74, 6) is 0.266. The number of hydrogen-bond donors (Lipinski definition) is 1. The predicted octanol–water partition coefficient (Wildman–Crippen LogP) is 2.54. The van der Waals surface area contributed by atoms with Crippen LogP contribution in [-0.4, -0.2) is 22.4 Å². The van der Waals surface area contributed by atoms with Crippen LogP contribution in [0.15, 0.2) is 12.4 Å². The van der Waals surface area contributed by atoms with Gasteiger partial charge in [-0.05, 0) is 11.3 Å². The maximum absolute atomic E-state index is 11.8. The first-order valence-corrected chi connectivity index (χ1v) is 5.96. The third kappa shape index (κ3) is 3.97. The summed E-state index contributed by atoms with van der Waals surface area (Å²) in [4.78, 5) is 19.5. The van der Waals surface area contributed by atoms with Crippen molar-refractivity contribution in [3.63, 3.8) is 0 Å². The molecule has 1 N–H and O–H groups in total. The molecule has 17 heavy (non-hydrogen) atoms. The molecular formula is C12H18ClN3O. The minimum Gasteiger partial charge on any atom is -0.350 e. The highest BCUT2D eigenvalue weighted by Gasteiger charge is 2.23. The van der Waals surface area contributed by atoms with Gasteiger partial charge in [-0.25, -0.2) is 9.97 Å². The van der Waals surface area contributed by atoms with Gasteiger partial charge in [0.05, 0.1) is 12.4 Å². The number of aromatic nitrogens is 2. The maximum Gasteiger partial charge on any atom is 0.271 e. The molecule has 0 aliphatic rings. The monoisotopic (exact) mass is 255 g/mol. The van der Waals surface area contributed by atoms with E-state index in [4.69, 9.17) is 11.6 Å². The van der Waals surface area contributed by atoms with E-state index in [-0.39, 0.29) is 22.2 Å². The number of hydrogen-bond acceptors (Lipinski definition) is 3. The Kier molecular flexibility index (Phi) is 4.46. The largest absolute Gasteiger partial charge is 0.350 e. The Bertz CT molecular complexity index is 387. The van der Waals surface area contributed by atoms with E-state index in [0.29, 0.717) is 12.5 Å². The summed E-state index contributed by atoms with van der Waals surface area (Å²) >= 11 is 5.60. The minimum atomic E-state index is -0.220. The highest BCUT2D eigenvalue weighted by Crippen LogP contribution is 2.24. The number of amides is 1. The summed E-state index contributed by atoms with van der Waals surface area (Å²) in [5.41, 5.74) is 0.337. The van der Waals surface area contributed by atoms with Gasteiger partial charge < -0.3 is 5.32 Å². The van der Waals surface area contributed by atoms with Crippen molar-refractivity contribution in [1.29, 1.82) is 0 Å². The van der Waals surface area contributed by atoms with Gasteiger partial charge in [0.15, 0.2) is 0 Å². The van der Waals surface area contributed by atoms with Crippen LogP contribution in [0.1, 0.15) is 38.2 Å². The number of rotatable bonds is 4. The quantitative estimate of drug-likeness (QED) is 0.900. The van der Waals surface area contributed by atoms with Gasteiger partial charge in [-0.15, -0.1) is 0 Å². The first-order valence-electron chi connectivity index (χ1n) is 5.58. The standard InChI is InChI=1S/C12H18ClN3O/c1-8(2)12(3,4)7-16-11(17)9-5-15-10(13)6-14-9/h5-6,8H,7H2,1-4H3,(H,16,17). The van der Waals surface area contributed by atoms with Crippen LogP contribution in [0.25, 0.3) is 0 Å². The fourth-order valence-corrected chi connectivity index (χ4v) is 1.13. The fourth-order valence-electron chi connectivity index (χ4n) is 1.03. The van der Waals surface area contributed by atoms with E-state index < -0.39 is 0 Å². The lowest BCUT2D eigenvalue weighted by molar-refractivity contribution is 0.0919. The van der Waals surface area contributed by atoms with Crippen molar-refractivity contribution in [1.82, 2.24) is 15.3 Å². The molecule has 0 bridgehead atoms. The Hall–Kier alpha value is -1.16. The van der Waals surface area contributed by atoms with E-state index >= 15 is 0 Å². The summed E-state index contributed by atoms with van der Waals surface area (Å²) < 4.78 is 0. The molecule has 1 amide bonds. The molecule has 0 fully saturated rings. The molecule has 0 aliphatic carbocycles. The molecule has 0 radical (unpaired) electrons. The second-order valence-corrected chi connectivity index (χ2v) is 5.44. The van der Waals surface area contributed by atoms with Gasteiger partial charge in [0.25, 0.3) is 5.91 Å². The molecular weight excluding hydrogens is 238 g/mol. The third-order valence-corrected chi connectivity index (χ3v) is 3.32. The Balaban J connectivity index is 2.59. The zero-order chi connectivity index (χ0) is 13.1. The van der Waals surface area contributed by atoms with Gasteiger partial charge in [-0.1, -0.05) is 39.3 Å². The number of carbonyl (C=O) groups is 1. The molecule has 4 nitrogen and oxygen atoms in total. The van der Waals surface area contributed by atoms with Crippen LogP contribution in [0.3, 0.4) is 0 Å². The summed E-state index contributed by atoms with van der Waals surface area (Å²) in [6, 6.07) is 0. The molecule has 0 unspecified atom stereocenters. The normalized spacial score (nSPS) is 11.6. The Morgan fingerprint density at radius 3 is 2.53 bits per heavy atom. The average Bonchev–Trinajstić information content (AvgIpc) is 2.27. The fraction of sp³-hybridized carbons (Fsp3) is 0.583. The second-order valence-electron chi connectivity index (χ2n) is 5.05. The molecule has 0 aromatic carbocycles. The lowest BCUT2D eigenvalue weighted by Gasteiger charge is -2.29. The highest BCUT2D eigenvalue weighted by atomic mass is 35.5. The summed E-state index contributed by atoms with van der Waals surface area (Å²) in [6.45, 7) is 9.10. The topological polar surface area (TPSA) is 54.9 Å². The third-order valence-electron chi connectivity index (χ3n) is 3.12. The van der Waals surface area contributed by atoms with Gasteiger partial charge >= 0.3 is 0 Å². The van der Waals surface area contributed by atoms with Gasteiger partial charge in [0.1, 0.15) is 10.8 Å². The van der Waals surface area contributed by atoms with Crippen LogP contribution >= 0.6 is 11.6 Å². The SMILES string of the molecule is CC(C)C(C)(C)CNC(=O)c1cnc(Cl)cn1. The van der Waals surface area contributed by atoms with Crippen LogP contribution in [0.2, 0.25) is 5.15 Å². The van der Waals surface area contributed by atoms with Crippen molar-refractivity contribution in [2.75, 3.05) is 6.54 Å². The van der Waals surface area contributed by atoms with Gasteiger partial charge in [0, 0.05) is 6.54 Å². The van der Waals surface area contributed by atoms with Gasteiger partial charge in [-0.2, -0.15) is 0 Å². The highest BCUT2D eigenvalue weighted by molar-refractivity contribution is 6.29. The summed E-state index contributed by atoms with van der Waals surface area (Å²) in [5, 5.41) is 3.14. The molecule has 1 heterocycles. The molecule has 1 aromatic rings. The predicted molar refractivity (Wildman–Crippen MR) is 68.0 cm³/mol. The Morgan fingerprint density at radius 1 is 1.41 bits per heavy atom. The molecule has 94 valence electrons. The first-order chi connectivity index (χ1) is 7.83. The van der Waals surface area contributed by atoms with E-state index in [9.17, 15) is 4.79 Å². The molecule has 0 atom stereocenters. The van der Waals surface area contributed by atoms with Crippen LogP contribution < -0.4 is 5.32 Å². The molecule has 0 saturated heterocycles. The van der Waals surface area contributed by atoms with E-state index in [1.54, 1.807) is 0 Å².